The predicted octanol–water partition coefficient (Wildman–Crippen LogP) is 7.17. The van der Waals surface area contributed by atoms with Crippen molar-refractivity contribution in [3.63, 3.8) is 0 Å². The van der Waals surface area contributed by atoms with Crippen LogP contribution in [-0.4, -0.2) is 16.8 Å². The molecule has 2 aromatic heterocycles. The number of hydrogen-bond acceptors (Lipinski definition) is 4. The Hall–Kier alpha value is -3.40. The lowest BCUT2D eigenvalue weighted by molar-refractivity contribution is 0.173. The van der Waals surface area contributed by atoms with Crippen molar-refractivity contribution in [3.05, 3.63) is 94.9 Å². The van der Waals surface area contributed by atoms with E-state index >= 15 is 0 Å². The molecule has 2 aromatic carbocycles. The van der Waals surface area contributed by atoms with E-state index in [4.69, 9.17) is 9.47 Å². The Bertz CT molecular complexity index is 1310. The van der Waals surface area contributed by atoms with Gasteiger partial charge in [0.15, 0.2) is 11.5 Å². The molecule has 4 heteroatoms. The number of fused-ring (bicyclic) bond motifs is 2. The standard InChI is InChI=1S/C30H32N2O2/c1-19(2)22-9-11-31-25(16-22)14-20(3)23-15-24(30-29(17-23)33-18-34-30)13-21(4)26-10-12-32-28-8-6-5-7-27(26)28/h5-12,15-17,19-21H,13-14,18H2,1-4H3. The molecular formula is C30H32N2O2. The summed E-state index contributed by atoms with van der Waals surface area (Å²) in [5.74, 6) is 2.88. The van der Waals surface area contributed by atoms with Gasteiger partial charge in [0.05, 0.1) is 5.52 Å². The molecule has 0 amide bonds. The van der Waals surface area contributed by atoms with Gasteiger partial charge in [0, 0.05) is 23.5 Å². The maximum absolute atomic E-state index is 5.90. The molecule has 0 spiro atoms. The van der Waals surface area contributed by atoms with Crippen molar-refractivity contribution in [2.45, 2.75) is 58.3 Å². The minimum atomic E-state index is 0.282. The first-order chi connectivity index (χ1) is 16.5. The third-order valence-electron chi connectivity index (χ3n) is 6.90. The van der Waals surface area contributed by atoms with Crippen LogP contribution < -0.4 is 9.47 Å². The summed E-state index contributed by atoms with van der Waals surface area (Å²) in [6.07, 6.45) is 5.61. The summed E-state index contributed by atoms with van der Waals surface area (Å²) in [5, 5.41) is 1.21. The van der Waals surface area contributed by atoms with Gasteiger partial charge in [0.25, 0.3) is 0 Å². The molecule has 4 nitrogen and oxygen atoms in total. The first-order valence-electron chi connectivity index (χ1n) is 12.2. The average molecular weight is 453 g/mol. The van der Waals surface area contributed by atoms with Crippen LogP contribution >= 0.6 is 0 Å². The zero-order valence-electron chi connectivity index (χ0n) is 20.4. The molecule has 0 saturated carbocycles. The van der Waals surface area contributed by atoms with E-state index < -0.39 is 0 Å². The minimum absolute atomic E-state index is 0.282. The van der Waals surface area contributed by atoms with Crippen molar-refractivity contribution in [3.8, 4) is 11.5 Å². The zero-order valence-corrected chi connectivity index (χ0v) is 20.4. The molecule has 0 aliphatic carbocycles. The lowest BCUT2D eigenvalue weighted by Crippen LogP contribution is -2.05. The Balaban J connectivity index is 1.43. The van der Waals surface area contributed by atoms with Crippen molar-refractivity contribution >= 4 is 10.9 Å². The maximum atomic E-state index is 5.90. The van der Waals surface area contributed by atoms with Gasteiger partial charge in [-0.25, -0.2) is 0 Å². The number of rotatable bonds is 7. The van der Waals surface area contributed by atoms with Gasteiger partial charge in [-0.3, -0.25) is 9.97 Å². The van der Waals surface area contributed by atoms with E-state index in [0.29, 0.717) is 17.8 Å². The van der Waals surface area contributed by atoms with Gasteiger partial charge in [-0.1, -0.05) is 52.0 Å². The van der Waals surface area contributed by atoms with Crippen molar-refractivity contribution in [1.29, 1.82) is 0 Å². The minimum Gasteiger partial charge on any atom is -0.454 e. The van der Waals surface area contributed by atoms with Crippen LogP contribution in [0.25, 0.3) is 10.9 Å². The molecule has 174 valence electrons. The van der Waals surface area contributed by atoms with E-state index in [1.54, 1.807) is 0 Å². The largest absolute Gasteiger partial charge is 0.454 e. The van der Waals surface area contributed by atoms with Crippen LogP contribution in [0.4, 0.5) is 0 Å². The summed E-state index contributed by atoms with van der Waals surface area (Å²) in [6, 6.07) is 19.3. The molecular weight excluding hydrogens is 420 g/mol. The maximum Gasteiger partial charge on any atom is 0.231 e. The molecule has 4 aromatic rings. The van der Waals surface area contributed by atoms with E-state index in [0.717, 1.165) is 35.6 Å². The highest BCUT2D eigenvalue weighted by molar-refractivity contribution is 5.82. The van der Waals surface area contributed by atoms with Crippen LogP contribution in [0.3, 0.4) is 0 Å². The van der Waals surface area contributed by atoms with Gasteiger partial charge in [0.2, 0.25) is 6.79 Å². The van der Waals surface area contributed by atoms with Crippen molar-refractivity contribution in [2.75, 3.05) is 6.79 Å². The molecule has 0 saturated heterocycles. The van der Waals surface area contributed by atoms with Gasteiger partial charge < -0.3 is 9.47 Å². The topological polar surface area (TPSA) is 44.2 Å². The second-order valence-corrected chi connectivity index (χ2v) is 9.78. The Morgan fingerprint density at radius 1 is 0.794 bits per heavy atom. The average Bonchev–Trinajstić information content (AvgIpc) is 3.33. The lowest BCUT2D eigenvalue weighted by atomic mass is 9.88. The van der Waals surface area contributed by atoms with E-state index in [-0.39, 0.29) is 6.79 Å². The molecule has 5 rings (SSSR count). The summed E-state index contributed by atoms with van der Waals surface area (Å²) in [4.78, 5) is 9.17. The van der Waals surface area contributed by atoms with Crippen LogP contribution in [0, 0.1) is 0 Å². The Labute approximate surface area is 202 Å². The van der Waals surface area contributed by atoms with Crippen molar-refractivity contribution in [1.82, 2.24) is 9.97 Å². The molecule has 2 unspecified atom stereocenters. The normalized spacial score (nSPS) is 14.5. The third kappa shape index (κ3) is 4.50. The van der Waals surface area contributed by atoms with Crippen molar-refractivity contribution < 1.29 is 9.47 Å². The SMILES string of the molecule is CC(C)c1ccnc(CC(C)c2cc(CC(C)c3ccnc4ccccc34)c3c(c2)OCO3)c1. The summed E-state index contributed by atoms with van der Waals surface area (Å²) in [6.45, 7) is 9.27. The van der Waals surface area contributed by atoms with Gasteiger partial charge >= 0.3 is 0 Å². The van der Waals surface area contributed by atoms with Gasteiger partial charge in [-0.15, -0.1) is 0 Å². The fourth-order valence-corrected chi connectivity index (χ4v) is 4.93. The van der Waals surface area contributed by atoms with Gasteiger partial charge in [-0.2, -0.15) is 0 Å². The molecule has 0 fully saturated rings. The van der Waals surface area contributed by atoms with Crippen LogP contribution in [0.1, 0.15) is 73.4 Å². The first kappa shape index (κ1) is 22.4. The number of nitrogens with zero attached hydrogens (tertiary/aromatic N) is 2. The summed E-state index contributed by atoms with van der Waals surface area (Å²) < 4.78 is 11.7. The monoisotopic (exact) mass is 452 g/mol. The number of hydrogen-bond donors (Lipinski definition) is 0. The molecule has 0 bridgehead atoms. The molecule has 1 aliphatic rings. The molecule has 0 N–H and O–H groups in total. The summed E-state index contributed by atoms with van der Waals surface area (Å²) in [5.41, 5.74) is 7.29. The van der Waals surface area contributed by atoms with Gasteiger partial charge in [-0.05, 0) is 83.2 Å². The van der Waals surface area contributed by atoms with Crippen LogP contribution in [-0.2, 0) is 12.8 Å². The van der Waals surface area contributed by atoms with Crippen molar-refractivity contribution in [2.24, 2.45) is 0 Å². The van der Waals surface area contributed by atoms with E-state index in [1.165, 1.54) is 27.6 Å². The van der Waals surface area contributed by atoms with E-state index in [9.17, 15) is 0 Å². The van der Waals surface area contributed by atoms with Crippen LogP contribution in [0.2, 0.25) is 0 Å². The highest BCUT2D eigenvalue weighted by Gasteiger charge is 2.23. The fourth-order valence-electron chi connectivity index (χ4n) is 4.93. The number of benzene rings is 2. The van der Waals surface area contributed by atoms with E-state index in [1.807, 2.05) is 18.5 Å². The van der Waals surface area contributed by atoms with Crippen LogP contribution in [0.15, 0.2) is 67.0 Å². The quantitative estimate of drug-likeness (QED) is 0.298. The Kier molecular flexibility index (Phi) is 6.23. The smallest absolute Gasteiger partial charge is 0.231 e. The Morgan fingerprint density at radius 2 is 1.62 bits per heavy atom. The highest BCUT2D eigenvalue weighted by Crippen LogP contribution is 2.41. The first-order valence-corrected chi connectivity index (χ1v) is 12.2. The number of ether oxygens (including phenoxy) is 2. The Morgan fingerprint density at radius 3 is 2.47 bits per heavy atom. The third-order valence-corrected chi connectivity index (χ3v) is 6.90. The van der Waals surface area contributed by atoms with Gasteiger partial charge in [0.1, 0.15) is 0 Å². The molecule has 1 aliphatic heterocycles. The summed E-state index contributed by atoms with van der Waals surface area (Å²) in [7, 11) is 0. The number of para-hydroxylation sites is 1. The lowest BCUT2D eigenvalue weighted by Gasteiger charge is -2.19. The second-order valence-electron chi connectivity index (χ2n) is 9.78. The number of pyridine rings is 2. The number of aromatic nitrogens is 2. The second kappa shape index (κ2) is 9.46. The van der Waals surface area contributed by atoms with Crippen LogP contribution in [0.5, 0.6) is 11.5 Å². The molecule has 3 heterocycles. The predicted molar refractivity (Wildman–Crippen MR) is 137 cm³/mol. The van der Waals surface area contributed by atoms with E-state index in [2.05, 4.69) is 86.2 Å². The fraction of sp³-hybridized carbons (Fsp3) is 0.333. The molecule has 2 atom stereocenters. The zero-order chi connectivity index (χ0) is 23.7. The summed E-state index contributed by atoms with van der Waals surface area (Å²) >= 11 is 0. The molecule has 0 radical (unpaired) electrons. The molecule has 34 heavy (non-hydrogen) atoms. The highest BCUT2D eigenvalue weighted by atomic mass is 16.7.